The summed E-state index contributed by atoms with van der Waals surface area (Å²) >= 11 is 0. The topological polar surface area (TPSA) is 106 Å². The molecule has 0 saturated carbocycles. The summed E-state index contributed by atoms with van der Waals surface area (Å²) in [6, 6.07) is 13.4. The van der Waals surface area contributed by atoms with Crippen LogP contribution in [0.4, 0.5) is 0 Å². The van der Waals surface area contributed by atoms with Gasteiger partial charge in [-0.15, -0.1) is 5.06 Å². The summed E-state index contributed by atoms with van der Waals surface area (Å²) in [7, 11) is 3.34. The molecule has 0 bridgehead atoms. The van der Waals surface area contributed by atoms with Crippen molar-refractivity contribution in [2.45, 2.75) is 56.2 Å². The maximum absolute atomic E-state index is 12.4. The van der Waals surface area contributed by atoms with Crippen molar-refractivity contribution in [1.29, 1.82) is 0 Å². The summed E-state index contributed by atoms with van der Waals surface area (Å²) in [6.07, 6.45) is 3.90. The highest BCUT2D eigenvalue weighted by atomic mass is 33.1. The number of hydroxylamine groups is 2. The molecule has 3 rings (SSSR count). The third-order valence-electron chi connectivity index (χ3n) is 5.42. The number of unbranched alkanes of at least 4 members (excludes halogenated alkanes) is 2. The Labute approximate surface area is 212 Å². The molecule has 1 fully saturated rings. The maximum atomic E-state index is 12.4. The van der Waals surface area contributed by atoms with E-state index in [4.69, 9.17) is 4.84 Å². The Morgan fingerprint density at radius 1 is 1.14 bits per heavy atom. The van der Waals surface area contributed by atoms with E-state index in [0.29, 0.717) is 36.4 Å². The highest BCUT2D eigenvalue weighted by molar-refractivity contribution is 8.76. The molecule has 1 saturated heterocycles. The number of nitrogens with one attached hydrogen (secondary N) is 1. The molecule has 186 valence electrons. The van der Waals surface area contributed by atoms with Gasteiger partial charge in [0.2, 0.25) is 0 Å². The van der Waals surface area contributed by atoms with Crippen LogP contribution in [0.25, 0.3) is 0 Å². The van der Waals surface area contributed by atoms with Gasteiger partial charge in [-0.05, 0) is 60.4 Å². The van der Waals surface area contributed by atoms with Crippen molar-refractivity contribution in [3.63, 3.8) is 0 Å². The first-order chi connectivity index (χ1) is 16.8. The molecule has 10 heteroatoms. The zero-order valence-corrected chi connectivity index (χ0v) is 21.4. The van der Waals surface area contributed by atoms with Gasteiger partial charge >= 0.3 is 5.97 Å². The van der Waals surface area contributed by atoms with Crippen LogP contribution in [0.2, 0.25) is 0 Å². The number of imide groups is 1. The average Bonchev–Trinajstić information content (AvgIpc) is 3.11. The van der Waals surface area contributed by atoms with Crippen molar-refractivity contribution in [2.24, 2.45) is 5.92 Å². The molecule has 2 atom stereocenters. The zero-order valence-electron chi connectivity index (χ0n) is 19.8. The number of hydrogen-bond acceptors (Lipinski definition) is 8. The van der Waals surface area contributed by atoms with Gasteiger partial charge in [0.25, 0.3) is 17.7 Å². The lowest BCUT2D eigenvalue weighted by molar-refractivity contribution is -0.198. The molecule has 1 N–H and O–H groups in total. The summed E-state index contributed by atoms with van der Waals surface area (Å²) in [5.41, 5.74) is 1.73. The molecule has 1 aromatic heterocycles. The Morgan fingerprint density at radius 2 is 1.91 bits per heavy atom. The number of benzene rings is 1. The van der Waals surface area contributed by atoms with E-state index < -0.39 is 23.7 Å². The number of hydrogen-bond donors (Lipinski definition) is 1. The van der Waals surface area contributed by atoms with E-state index in [0.717, 1.165) is 10.6 Å². The van der Waals surface area contributed by atoms with Crippen LogP contribution in [-0.2, 0) is 19.2 Å². The molecule has 0 radical (unpaired) electrons. The van der Waals surface area contributed by atoms with E-state index in [-0.39, 0.29) is 24.0 Å². The number of carbonyl (C=O) groups excluding carboxylic acids is 4. The second kappa shape index (κ2) is 13.3. The molecule has 1 aliphatic heterocycles. The largest absolute Gasteiger partial charge is 0.352 e. The number of pyridine rings is 1. The van der Waals surface area contributed by atoms with E-state index in [9.17, 15) is 19.2 Å². The minimum Gasteiger partial charge on any atom is -0.352 e. The van der Waals surface area contributed by atoms with Crippen molar-refractivity contribution in [3.8, 4) is 0 Å². The zero-order chi connectivity index (χ0) is 25.2. The Morgan fingerprint density at radius 3 is 2.57 bits per heavy atom. The average molecular weight is 516 g/mol. The Hall–Kier alpha value is -2.85. The van der Waals surface area contributed by atoms with Crippen LogP contribution in [0, 0.1) is 5.92 Å². The summed E-state index contributed by atoms with van der Waals surface area (Å²) in [5.74, 6) is -2.15. The first-order valence-corrected chi connectivity index (χ1v) is 13.8. The maximum Gasteiger partial charge on any atom is 0.333 e. The molecule has 1 aromatic carbocycles. The third-order valence-corrected chi connectivity index (χ3v) is 8.16. The van der Waals surface area contributed by atoms with Crippen molar-refractivity contribution in [1.82, 2.24) is 15.4 Å². The molecular formula is C25H29N3O5S2. The van der Waals surface area contributed by atoms with Crippen LogP contribution in [0.1, 0.15) is 67.1 Å². The normalized spacial score (nSPS) is 16.3. The predicted molar refractivity (Wildman–Crippen MR) is 135 cm³/mol. The van der Waals surface area contributed by atoms with Gasteiger partial charge in [0.1, 0.15) is 5.03 Å². The molecule has 0 aliphatic carbocycles. The number of amides is 3. The predicted octanol–water partition coefficient (Wildman–Crippen LogP) is 4.73. The molecule has 0 spiro atoms. The Bertz CT molecular complexity index is 1030. The van der Waals surface area contributed by atoms with Crippen molar-refractivity contribution in [2.75, 3.05) is 6.54 Å². The molecule has 8 nitrogen and oxygen atoms in total. The van der Waals surface area contributed by atoms with Crippen molar-refractivity contribution >= 4 is 45.3 Å². The van der Waals surface area contributed by atoms with Gasteiger partial charge in [0.05, 0.1) is 0 Å². The SMILES string of the molecule is CC1CC(=O)N(OC(=O)CCCCCNC(=O)c2ccc(C(C)SSc3ccccn3)cc2)C1=O. The minimum absolute atomic E-state index is 0.0670. The first kappa shape index (κ1) is 26.7. The van der Waals surface area contributed by atoms with Gasteiger partial charge in [0.15, 0.2) is 0 Å². The van der Waals surface area contributed by atoms with Gasteiger partial charge in [-0.3, -0.25) is 14.4 Å². The number of aromatic nitrogens is 1. The van der Waals surface area contributed by atoms with Gasteiger partial charge in [-0.25, -0.2) is 9.78 Å². The number of nitrogens with zero attached hydrogens (tertiary/aromatic N) is 2. The fraction of sp³-hybridized carbons (Fsp3) is 0.400. The number of carbonyl (C=O) groups is 4. The lowest BCUT2D eigenvalue weighted by Gasteiger charge is -2.13. The van der Waals surface area contributed by atoms with E-state index in [2.05, 4.69) is 17.2 Å². The monoisotopic (exact) mass is 515 g/mol. The molecule has 2 aromatic rings. The lowest BCUT2D eigenvalue weighted by atomic mass is 10.1. The van der Waals surface area contributed by atoms with Crippen LogP contribution in [0.3, 0.4) is 0 Å². The third kappa shape index (κ3) is 8.10. The van der Waals surface area contributed by atoms with Crippen LogP contribution in [-0.4, -0.2) is 40.3 Å². The van der Waals surface area contributed by atoms with Crippen LogP contribution in [0.15, 0.2) is 53.7 Å². The van der Waals surface area contributed by atoms with E-state index in [1.807, 2.05) is 42.5 Å². The standard InChI is InChI=1S/C25H29N3O5S2/c1-17-16-22(29)28(25(17)32)33-23(30)9-4-3-6-15-27-24(31)20-12-10-19(11-13-20)18(2)34-35-21-8-5-7-14-26-21/h5,7-8,10-14,17-18H,3-4,6,9,15-16H2,1-2H3,(H,27,31). The number of rotatable bonds is 12. The van der Waals surface area contributed by atoms with Gasteiger partial charge in [0, 0.05) is 42.3 Å². The fourth-order valence-electron chi connectivity index (χ4n) is 3.35. The lowest BCUT2D eigenvalue weighted by Crippen LogP contribution is -2.33. The smallest absolute Gasteiger partial charge is 0.333 e. The summed E-state index contributed by atoms with van der Waals surface area (Å²) in [6.45, 7) is 4.23. The second-order valence-corrected chi connectivity index (χ2v) is 10.8. The van der Waals surface area contributed by atoms with Gasteiger partial charge in [-0.1, -0.05) is 42.3 Å². The van der Waals surface area contributed by atoms with E-state index in [1.165, 1.54) is 0 Å². The van der Waals surface area contributed by atoms with E-state index >= 15 is 0 Å². The quantitative estimate of drug-likeness (QED) is 0.246. The minimum atomic E-state index is -0.601. The molecular weight excluding hydrogens is 486 g/mol. The summed E-state index contributed by atoms with van der Waals surface area (Å²) in [4.78, 5) is 56.9. The second-order valence-electron chi connectivity index (χ2n) is 8.27. The summed E-state index contributed by atoms with van der Waals surface area (Å²) in [5, 5.41) is 4.68. The van der Waals surface area contributed by atoms with Gasteiger partial charge in [-0.2, -0.15) is 0 Å². The summed E-state index contributed by atoms with van der Waals surface area (Å²) < 4.78 is 0. The van der Waals surface area contributed by atoms with Crippen molar-refractivity contribution in [3.05, 3.63) is 59.8 Å². The highest BCUT2D eigenvalue weighted by Crippen LogP contribution is 2.41. The highest BCUT2D eigenvalue weighted by Gasteiger charge is 2.38. The Kier molecular flexibility index (Phi) is 10.2. The van der Waals surface area contributed by atoms with Crippen LogP contribution < -0.4 is 5.32 Å². The van der Waals surface area contributed by atoms with Crippen LogP contribution in [0.5, 0.6) is 0 Å². The molecule has 2 heterocycles. The van der Waals surface area contributed by atoms with Gasteiger partial charge < -0.3 is 10.2 Å². The molecule has 3 amide bonds. The molecule has 35 heavy (non-hydrogen) atoms. The molecule has 1 aliphatic rings. The van der Waals surface area contributed by atoms with Crippen molar-refractivity contribution < 1.29 is 24.0 Å². The Balaban J connectivity index is 1.30. The van der Waals surface area contributed by atoms with E-state index in [1.54, 1.807) is 34.7 Å². The fourth-order valence-corrected chi connectivity index (χ4v) is 5.46. The first-order valence-electron chi connectivity index (χ1n) is 11.5. The van der Waals surface area contributed by atoms with Crippen LogP contribution >= 0.6 is 21.6 Å². The molecule has 2 unspecified atom stereocenters.